The highest BCUT2D eigenvalue weighted by Gasteiger charge is 2.19. The maximum atomic E-state index is 11.4. The molecule has 0 bridgehead atoms. The van der Waals surface area contributed by atoms with Crippen molar-refractivity contribution >= 4 is 24.2 Å². The van der Waals surface area contributed by atoms with Crippen LogP contribution in [0.25, 0.3) is 0 Å². The Hall–Kier alpha value is -0.960. The normalized spacial score (nSPS) is 15.1. The SMILES string of the molecule is CC(=O)N1CCCc2cc(S)ccc21. The molecular formula is C11H13NOS. The molecule has 1 aromatic carbocycles. The molecular weight excluding hydrogens is 194 g/mol. The molecule has 1 amide bonds. The number of fused-ring (bicyclic) bond motifs is 1. The first-order valence-electron chi connectivity index (χ1n) is 4.78. The summed E-state index contributed by atoms with van der Waals surface area (Å²) in [6.45, 7) is 2.46. The molecule has 0 saturated carbocycles. The second-order valence-electron chi connectivity index (χ2n) is 3.59. The monoisotopic (exact) mass is 207 g/mol. The third kappa shape index (κ3) is 1.64. The molecule has 0 saturated heterocycles. The van der Waals surface area contributed by atoms with Crippen molar-refractivity contribution in [2.75, 3.05) is 11.4 Å². The minimum absolute atomic E-state index is 0.123. The van der Waals surface area contributed by atoms with Crippen LogP contribution in [-0.2, 0) is 11.2 Å². The number of rotatable bonds is 0. The van der Waals surface area contributed by atoms with Crippen LogP contribution in [0.15, 0.2) is 23.1 Å². The molecule has 3 heteroatoms. The number of aryl methyl sites for hydroxylation is 1. The predicted molar refractivity (Wildman–Crippen MR) is 60.0 cm³/mol. The number of carbonyl (C=O) groups excluding carboxylic acids is 1. The van der Waals surface area contributed by atoms with E-state index in [0.717, 1.165) is 30.0 Å². The Kier molecular flexibility index (Phi) is 2.50. The third-order valence-corrected chi connectivity index (χ3v) is 2.84. The fourth-order valence-corrected chi connectivity index (χ4v) is 2.14. The standard InChI is InChI=1S/C11H13NOS/c1-8(13)12-6-2-3-9-7-10(14)4-5-11(9)12/h4-5,7,14H,2-3,6H2,1H3. The van der Waals surface area contributed by atoms with Crippen LogP contribution in [0.5, 0.6) is 0 Å². The van der Waals surface area contributed by atoms with Gasteiger partial charge in [-0.3, -0.25) is 4.79 Å². The number of anilines is 1. The highest BCUT2D eigenvalue weighted by molar-refractivity contribution is 7.80. The van der Waals surface area contributed by atoms with Crippen LogP contribution in [-0.4, -0.2) is 12.5 Å². The number of hydrogen-bond donors (Lipinski definition) is 1. The average Bonchev–Trinajstić information content (AvgIpc) is 2.16. The molecule has 0 fully saturated rings. The van der Waals surface area contributed by atoms with Crippen molar-refractivity contribution in [3.05, 3.63) is 23.8 Å². The van der Waals surface area contributed by atoms with Crippen molar-refractivity contribution in [3.63, 3.8) is 0 Å². The lowest BCUT2D eigenvalue weighted by Crippen LogP contribution is -2.33. The smallest absolute Gasteiger partial charge is 0.223 e. The highest BCUT2D eigenvalue weighted by atomic mass is 32.1. The summed E-state index contributed by atoms with van der Waals surface area (Å²) in [5.74, 6) is 0.123. The van der Waals surface area contributed by atoms with Crippen LogP contribution in [0.2, 0.25) is 0 Å². The minimum atomic E-state index is 0.123. The van der Waals surface area contributed by atoms with Crippen molar-refractivity contribution in [1.29, 1.82) is 0 Å². The van der Waals surface area contributed by atoms with E-state index in [1.54, 1.807) is 6.92 Å². The minimum Gasteiger partial charge on any atom is -0.312 e. The fourth-order valence-electron chi connectivity index (χ4n) is 1.91. The second-order valence-corrected chi connectivity index (χ2v) is 4.10. The first kappa shape index (κ1) is 9.59. The van der Waals surface area contributed by atoms with Gasteiger partial charge in [0.25, 0.3) is 0 Å². The number of carbonyl (C=O) groups is 1. The largest absolute Gasteiger partial charge is 0.312 e. The van der Waals surface area contributed by atoms with E-state index in [1.165, 1.54) is 5.56 Å². The number of nitrogens with zero attached hydrogens (tertiary/aromatic N) is 1. The van der Waals surface area contributed by atoms with Gasteiger partial charge < -0.3 is 4.90 Å². The van der Waals surface area contributed by atoms with Gasteiger partial charge in [0.1, 0.15) is 0 Å². The zero-order chi connectivity index (χ0) is 10.1. The molecule has 2 nitrogen and oxygen atoms in total. The van der Waals surface area contributed by atoms with Crippen LogP contribution in [0, 0.1) is 0 Å². The Morgan fingerprint density at radius 3 is 3.00 bits per heavy atom. The van der Waals surface area contributed by atoms with Crippen LogP contribution >= 0.6 is 12.6 Å². The number of amides is 1. The molecule has 1 aromatic rings. The lowest BCUT2D eigenvalue weighted by Gasteiger charge is -2.28. The highest BCUT2D eigenvalue weighted by Crippen LogP contribution is 2.28. The Balaban J connectivity index is 2.44. The van der Waals surface area contributed by atoms with E-state index < -0.39 is 0 Å². The molecule has 0 radical (unpaired) electrons. The van der Waals surface area contributed by atoms with Gasteiger partial charge in [-0.15, -0.1) is 12.6 Å². The number of thiol groups is 1. The van der Waals surface area contributed by atoms with Crippen molar-refractivity contribution in [2.24, 2.45) is 0 Å². The van der Waals surface area contributed by atoms with Gasteiger partial charge in [0.15, 0.2) is 0 Å². The maximum absolute atomic E-state index is 11.4. The molecule has 14 heavy (non-hydrogen) atoms. The van der Waals surface area contributed by atoms with Crippen LogP contribution in [0.3, 0.4) is 0 Å². The second kappa shape index (κ2) is 3.65. The molecule has 0 unspecified atom stereocenters. The predicted octanol–water partition coefficient (Wildman–Crippen LogP) is 2.27. The van der Waals surface area contributed by atoms with Gasteiger partial charge in [-0.1, -0.05) is 0 Å². The van der Waals surface area contributed by atoms with Gasteiger partial charge in [0.2, 0.25) is 5.91 Å². The van der Waals surface area contributed by atoms with Crippen molar-refractivity contribution in [3.8, 4) is 0 Å². The molecule has 1 heterocycles. The van der Waals surface area contributed by atoms with Gasteiger partial charge in [0, 0.05) is 24.1 Å². The molecule has 1 aliphatic rings. The first-order chi connectivity index (χ1) is 6.68. The summed E-state index contributed by atoms with van der Waals surface area (Å²) < 4.78 is 0. The quantitative estimate of drug-likeness (QED) is 0.647. The molecule has 0 N–H and O–H groups in total. The summed E-state index contributed by atoms with van der Waals surface area (Å²) in [7, 11) is 0. The average molecular weight is 207 g/mol. The summed E-state index contributed by atoms with van der Waals surface area (Å²) in [6, 6.07) is 5.97. The van der Waals surface area contributed by atoms with Crippen LogP contribution in [0.1, 0.15) is 18.9 Å². The zero-order valence-electron chi connectivity index (χ0n) is 8.16. The van der Waals surface area contributed by atoms with Crippen molar-refractivity contribution in [2.45, 2.75) is 24.7 Å². The maximum Gasteiger partial charge on any atom is 0.223 e. The lowest BCUT2D eigenvalue weighted by atomic mass is 10.0. The summed E-state index contributed by atoms with van der Waals surface area (Å²) >= 11 is 4.30. The van der Waals surface area contributed by atoms with E-state index >= 15 is 0 Å². The Bertz CT molecular complexity index is 376. The van der Waals surface area contributed by atoms with Crippen LogP contribution < -0.4 is 4.90 Å². The fraction of sp³-hybridized carbons (Fsp3) is 0.364. The van der Waals surface area contributed by atoms with E-state index in [1.807, 2.05) is 23.1 Å². The molecule has 0 spiro atoms. The first-order valence-corrected chi connectivity index (χ1v) is 5.23. The summed E-state index contributed by atoms with van der Waals surface area (Å²) in [5.41, 5.74) is 2.29. The Morgan fingerprint density at radius 2 is 2.29 bits per heavy atom. The Labute approximate surface area is 89.3 Å². The summed E-state index contributed by atoms with van der Waals surface area (Å²) in [5, 5.41) is 0. The van der Waals surface area contributed by atoms with Crippen molar-refractivity contribution < 1.29 is 4.79 Å². The van der Waals surface area contributed by atoms with Gasteiger partial charge in [-0.05, 0) is 36.6 Å². The molecule has 0 aliphatic carbocycles. The van der Waals surface area contributed by atoms with Gasteiger partial charge in [0.05, 0.1) is 0 Å². The topological polar surface area (TPSA) is 20.3 Å². The Morgan fingerprint density at radius 1 is 1.50 bits per heavy atom. The molecule has 0 aromatic heterocycles. The number of hydrogen-bond acceptors (Lipinski definition) is 2. The van der Waals surface area contributed by atoms with E-state index in [2.05, 4.69) is 12.6 Å². The van der Waals surface area contributed by atoms with Gasteiger partial charge >= 0.3 is 0 Å². The van der Waals surface area contributed by atoms with Gasteiger partial charge in [-0.25, -0.2) is 0 Å². The number of benzene rings is 1. The van der Waals surface area contributed by atoms with Gasteiger partial charge in [-0.2, -0.15) is 0 Å². The molecule has 0 atom stereocenters. The molecule has 2 rings (SSSR count). The van der Waals surface area contributed by atoms with E-state index in [-0.39, 0.29) is 5.91 Å². The van der Waals surface area contributed by atoms with E-state index in [9.17, 15) is 4.79 Å². The molecule has 1 aliphatic heterocycles. The molecule has 74 valence electrons. The van der Waals surface area contributed by atoms with Crippen LogP contribution in [0.4, 0.5) is 5.69 Å². The van der Waals surface area contributed by atoms with E-state index in [0.29, 0.717) is 0 Å². The summed E-state index contributed by atoms with van der Waals surface area (Å²) in [6.07, 6.45) is 2.09. The summed E-state index contributed by atoms with van der Waals surface area (Å²) in [4.78, 5) is 14.2. The lowest BCUT2D eigenvalue weighted by molar-refractivity contribution is -0.116. The third-order valence-electron chi connectivity index (χ3n) is 2.56. The van der Waals surface area contributed by atoms with E-state index in [4.69, 9.17) is 0 Å². The zero-order valence-corrected chi connectivity index (χ0v) is 9.05. The van der Waals surface area contributed by atoms with Crippen molar-refractivity contribution in [1.82, 2.24) is 0 Å².